The first-order chi connectivity index (χ1) is 8.61. The molecule has 0 bridgehead atoms. The summed E-state index contributed by atoms with van der Waals surface area (Å²) in [7, 11) is 0. The molecule has 3 atom stereocenters. The topological polar surface area (TPSA) is 15.3 Å². The van der Waals surface area contributed by atoms with Crippen molar-refractivity contribution in [3.05, 3.63) is 35.4 Å². The Kier molecular flexibility index (Phi) is 4.41. The van der Waals surface area contributed by atoms with Crippen LogP contribution in [0, 0.1) is 0 Å². The summed E-state index contributed by atoms with van der Waals surface area (Å²) in [5.74, 6) is 0. The average Bonchev–Trinajstić information content (AvgIpc) is 2.41. The highest BCUT2D eigenvalue weighted by Crippen LogP contribution is 2.24. The van der Waals surface area contributed by atoms with Crippen LogP contribution in [0.15, 0.2) is 24.3 Å². The van der Waals surface area contributed by atoms with Gasteiger partial charge in [-0.3, -0.25) is 4.90 Å². The molecule has 2 heteroatoms. The number of hydrogen-bond donors (Lipinski definition) is 1. The van der Waals surface area contributed by atoms with Gasteiger partial charge < -0.3 is 5.32 Å². The molecular weight excluding hydrogens is 220 g/mol. The number of benzene rings is 1. The normalized spacial score (nSPS) is 27.1. The van der Waals surface area contributed by atoms with E-state index in [1.165, 1.54) is 11.1 Å². The predicted molar refractivity (Wildman–Crippen MR) is 77.9 cm³/mol. The van der Waals surface area contributed by atoms with Crippen LogP contribution in [-0.2, 0) is 6.42 Å². The maximum Gasteiger partial charge on any atom is 0.0323 e. The molecule has 2 rings (SSSR count). The lowest BCUT2D eigenvalue weighted by atomic mass is 10.0. The Hall–Kier alpha value is -0.860. The first-order valence-electron chi connectivity index (χ1n) is 7.19. The zero-order valence-corrected chi connectivity index (χ0v) is 12.1. The van der Waals surface area contributed by atoms with Crippen molar-refractivity contribution in [3.63, 3.8) is 0 Å². The second-order valence-corrected chi connectivity index (χ2v) is 5.63. The molecule has 1 heterocycles. The molecule has 0 aliphatic carbocycles. The standard InChI is InChI=1S/C16H26N2/c1-5-15-6-8-16(9-7-15)14(4)18-11-12(2)17-10-13(18)3/h6-9,12-14,17H,5,10-11H2,1-4H3. The van der Waals surface area contributed by atoms with Crippen LogP contribution in [0.4, 0.5) is 0 Å². The van der Waals surface area contributed by atoms with Gasteiger partial charge in [0, 0.05) is 31.2 Å². The Morgan fingerprint density at radius 1 is 1.28 bits per heavy atom. The van der Waals surface area contributed by atoms with E-state index in [1.54, 1.807) is 0 Å². The molecule has 1 aromatic rings. The molecule has 100 valence electrons. The maximum atomic E-state index is 3.54. The van der Waals surface area contributed by atoms with Gasteiger partial charge in [0.2, 0.25) is 0 Å². The third-order valence-electron chi connectivity index (χ3n) is 4.18. The summed E-state index contributed by atoms with van der Waals surface area (Å²) in [4.78, 5) is 2.61. The van der Waals surface area contributed by atoms with Gasteiger partial charge in [-0.2, -0.15) is 0 Å². The summed E-state index contributed by atoms with van der Waals surface area (Å²) in [6.45, 7) is 11.4. The summed E-state index contributed by atoms with van der Waals surface area (Å²) in [6, 6.07) is 10.8. The van der Waals surface area contributed by atoms with Gasteiger partial charge in [-0.1, -0.05) is 31.2 Å². The Bertz CT molecular complexity index is 371. The van der Waals surface area contributed by atoms with Crippen LogP contribution in [0.2, 0.25) is 0 Å². The largest absolute Gasteiger partial charge is 0.311 e. The molecule has 0 aromatic heterocycles. The van der Waals surface area contributed by atoms with Gasteiger partial charge in [-0.25, -0.2) is 0 Å². The molecular formula is C16H26N2. The van der Waals surface area contributed by atoms with Crippen molar-refractivity contribution >= 4 is 0 Å². The molecule has 0 saturated carbocycles. The van der Waals surface area contributed by atoms with Gasteiger partial charge in [0.05, 0.1) is 0 Å². The van der Waals surface area contributed by atoms with E-state index < -0.39 is 0 Å². The van der Waals surface area contributed by atoms with E-state index >= 15 is 0 Å². The number of nitrogens with zero attached hydrogens (tertiary/aromatic N) is 1. The molecule has 1 aromatic carbocycles. The molecule has 0 amide bonds. The summed E-state index contributed by atoms with van der Waals surface area (Å²) < 4.78 is 0. The fourth-order valence-corrected chi connectivity index (χ4v) is 2.81. The minimum Gasteiger partial charge on any atom is -0.311 e. The first kappa shape index (κ1) is 13.6. The SMILES string of the molecule is CCc1ccc(C(C)N2CC(C)NCC2C)cc1. The Morgan fingerprint density at radius 3 is 2.56 bits per heavy atom. The highest BCUT2D eigenvalue weighted by molar-refractivity contribution is 5.25. The van der Waals surface area contributed by atoms with Crippen molar-refractivity contribution < 1.29 is 0 Å². The van der Waals surface area contributed by atoms with E-state index in [-0.39, 0.29) is 0 Å². The van der Waals surface area contributed by atoms with Gasteiger partial charge in [-0.15, -0.1) is 0 Å². The second kappa shape index (κ2) is 5.85. The number of rotatable bonds is 3. The van der Waals surface area contributed by atoms with Gasteiger partial charge in [-0.05, 0) is 38.3 Å². The van der Waals surface area contributed by atoms with Crippen LogP contribution in [0.25, 0.3) is 0 Å². The quantitative estimate of drug-likeness (QED) is 0.882. The minimum absolute atomic E-state index is 0.510. The van der Waals surface area contributed by atoms with E-state index in [9.17, 15) is 0 Å². The van der Waals surface area contributed by atoms with Crippen LogP contribution in [-0.4, -0.2) is 30.1 Å². The molecule has 0 radical (unpaired) electrons. The third-order valence-corrected chi connectivity index (χ3v) is 4.18. The van der Waals surface area contributed by atoms with Gasteiger partial charge in [0.1, 0.15) is 0 Å². The molecule has 1 N–H and O–H groups in total. The van der Waals surface area contributed by atoms with Gasteiger partial charge >= 0.3 is 0 Å². The molecule has 18 heavy (non-hydrogen) atoms. The number of piperazine rings is 1. The average molecular weight is 246 g/mol. The monoisotopic (exact) mass is 246 g/mol. The van der Waals surface area contributed by atoms with E-state index in [4.69, 9.17) is 0 Å². The summed E-state index contributed by atoms with van der Waals surface area (Å²) >= 11 is 0. The first-order valence-corrected chi connectivity index (χ1v) is 7.19. The summed E-state index contributed by atoms with van der Waals surface area (Å²) in [5, 5.41) is 3.54. The van der Waals surface area contributed by atoms with E-state index in [1.807, 2.05) is 0 Å². The Balaban J connectivity index is 2.10. The molecule has 1 fully saturated rings. The van der Waals surface area contributed by atoms with Crippen LogP contribution >= 0.6 is 0 Å². The number of hydrogen-bond acceptors (Lipinski definition) is 2. The molecule has 2 nitrogen and oxygen atoms in total. The molecule has 1 aliphatic rings. The highest BCUT2D eigenvalue weighted by atomic mass is 15.2. The lowest BCUT2D eigenvalue weighted by Gasteiger charge is -2.41. The molecule has 1 aliphatic heterocycles. The summed E-state index contributed by atoms with van der Waals surface area (Å²) in [5.41, 5.74) is 2.86. The van der Waals surface area contributed by atoms with Crippen LogP contribution in [0.3, 0.4) is 0 Å². The maximum absolute atomic E-state index is 3.54. The molecule has 1 saturated heterocycles. The third kappa shape index (κ3) is 2.93. The highest BCUT2D eigenvalue weighted by Gasteiger charge is 2.26. The zero-order chi connectivity index (χ0) is 13.1. The van der Waals surface area contributed by atoms with Crippen molar-refractivity contribution in [1.29, 1.82) is 0 Å². The Morgan fingerprint density at radius 2 is 1.94 bits per heavy atom. The predicted octanol–water partition coefficient (Wildman–Crippen LogP) is 2.99. The van der Waals surface area contributed by atoms with E-state index in [2.05, 4.69) is 62.2 Å². The van der Waals surface area contributed by atoms with Crippen LogP contribution in [0.1, 0.15) is 44.9 Å². The smallest absolute Gasteiger partial charge is 0.0323 e. The van der Waals surface area contributed by atoms with E-state index in [0.29, 0.717) is 18.1 Å². The van der Waals surface area contributed by atoms with Gasteiger partial charge in [0.25, 0.3) is 0 Å². The van der Waals surface area contributed by atoms with Crippen molar-refractivity contribution in [1.82, 2.24) is 10.2 Å². The fraction of sp³-hybridized carbons (Fsp3) is 0.625. The zero-order valence-electron chi connectivity index (χ0n) is 12.1. The van der Waals surface area contributed by atoms with Crippen LogP contribution < -0.4 is 5.32 Å². The van der Waals surface area contributed by atoms with Crippen molar-refractivity contribution in [2.45, 2.75) is 52.2 Å². The van der Waals surface area contributed by atoms with Crippen molar-refractivity contribution in [2.75, 3.05) is 13.1 Å². The summed E-state index contributed by atoms with van der Waals surface area (Å²) in [6.07, 6.45) is 1.12. The number of aryl methyl sites for hydroxylation is 1. The second-order valence-electron chi connectivity index (χ2n) is 5.63. The molecule has 0 spiro atoms. The fourth-order valence-electron chi connectivity index (χ4n) is 2.81. The van der Waals surface area contributed by atoms with E-state index in [0.717, 1.165) is 19.5 Å². The lowest BCUT2D eigenvalue weighted by Crippen LogP contribution is -2.54. The molecule has 3 unspecified atom stereocenters. The number of nitrogens with one attached hydrogen (secondary N) is 1. The Labute approximate surface area is 111 Å². The lowest BCUT2D eigenvalue weighted by molar-refractivity contribution is 0.103. The van der Waals surface area contributed by atoms with Gasteiger partial charge in [0.15, 0.2) is 0 Å². The van der Waals surface area contributed by atoms with Crippen molar-refractivity contribution in [2.24, 2.45) is 0 Å². The van der Waals surface area contributed by atoms with Crippen LogP contribution in [0.5, 0.6) is 0 Å². The van der Waals surface area contributed by atoms with Crippen molar-refractivity contribution in [3.8, 4) is 0 Å². The minimum atomic E-state index is 0.510.